The minimum Gasteiger partial charge on any atom is -0.393 e. The number of benzene rings is 1. The number of aliphatic hydroxyl groups is 1. The minimum absolute atomic E-state index is 0.00271. The molecular formula is C15H21N3O2. The van der Waals surface area contributed by atoms with Gasteiger partial charge in [-0.1, -0.05) is 6.07 Å². The number of nitrogens with one attached hydrogen (secondary N) is 2. The summed E-state index contributed by atoms with van der Waals surface area (Å²) < 4.78 is 0. The Bertz CT molecular complexity index is 530. The van der Waals surface area contributed by atoms with Gasteiger partial charge in [0.05, 0.1) is 6.10 Å². The van der Waals surface area contributed by atoms with Crippen LogP contribution in [0.4, 0.5) is 11.4 Å². The Kier molecular flexibility index (Phi) is 3.40. The maximum Gasteiger partial charge on any atom is 0.246 e. The van der Waals surface area contributed by atoms with Crippen molar-refractivity contribution in [3.63, 3.8) is 0 Å². The zero-order valence-corrected chi connectivity index (χ0v) is 11.9. The van der Waals surface area contributed by atoms with Crippen LogP contribution >= 0.6 is 0 Å². The van der Waals surface area contributed by atoms with Gasteiger partial charge in [-0.05, 0) is 32.5 Å². The molecule has 0 radical (unpaired) electrons. The van der Waals surface area contributed by atoms with Gasteiger partial charge in [-0.25, -0.2) is 0 Å². The van der Waals surface area contributed by atoms with Crippen molar-refractivity contribution in [1.82, 2.24) is 5.32 Å². The Morgan fingerprint density at radius 2 is 2.30 bits per heavy atom. The van der Waals surface area contributed by atoms with Gasteiger partial charge in [-0.15, -0.1) is 0 Å². The monoisotopic (exact) mass is 275 g/mol. The minimum atomic E-state index is -0.261. The van der Waals surface area contributed by atoms with E-state index in [9.17, 15) is 9.90 Å². The van der Waals surface area contributed by atoms with E-state index in [0.717, 1.165) is 36.4 Å². The van der Waals surface area contributed by atoms with E-state index in [1.54, 1.807) is 7.05 Å². The average molecular weight is 275 g/mol. The molecule has 3 atom stereocenters. The summed E-state index contributed by atoms with van der Waals surface area (Å²) in [6, 6.07) is 5.87. The van der Waals surface area contributed by atoms with Crippen molar-refractivity contribution in [3.8, 4) is 0 Å². The van der Waals surface area contributed by atoms with Gasteiger partial charge in [0.25, 0.3) is 0 Å². The van der Waals surface area contributed by atoms with E-state index in [0.29, 0.717) is 5.92 Å². The Hall–Kier alpha value is -1.59. The molecule has 1 amide bonds. The van der Waals surface area contributed by atoms with E-state index in [4.69, 9.17) is 0 Å². The molecule has 5 nitrogen and oxygen atoms in total. The second-order valence-corrected chi connectivity index (χ2v) is 5.72. The van der Waals surface area contributed by atoms with Gasteiger partial charge in [0.2, 0.25) is 5.91 Å². The number of amides is 1. The number of rotatable bonds is 3. The number of carbonyl (C=O) groups is 1. The number of fused-ring (bicyclic) bond motifs is 1. The Balaban J connectivity index is 1.81. The number of hydrogen-bond acceptors (Lipinski definition) is 4. The van der Waals surface area contributed by atoms with Crippen LogP contribution in [0.15, 0.2) is 18.2 Å². The largest absolute Gasteiger partial charge is 0.393 e. The lowest BCUT2D eigenvalue weighted by atomic mass is 10.0. The zero-order chi connectivity index (χ0) is 14.3. The fourth-order valence-corrected chi connectivity index (χ4v) is 3.15. The first-order valence-corrected chi connectivity index (χ1v) is 7.15. The summed E-state index contributed by atoms with van der Waals surface area (Å²) in [6.07, 6.45) is 0.753. The molecular weight excluding hydrogens is 254 g/mol. The lowest BCUT2D eigenvalue weighted by Gasteiger charge is -2.20. The zero-order valence-electron chi connectivity index (χ0n) is 11.9. The van der Waals surface area contributed by atoms with Crippen LogP contribution in [0.5, 0.6) is 0 Å². The van der Waals surface area contributed by atoms with Gasteiger partial charge in [0.15, 0.2) is 0 Å². The van der Waals surface area contributed by atoms with E-state index >= 15 is 0 Å². The number of likely N-dealkylation sites (N-methyl/N-ethyl adjacent to an activating group) is 1. The van der Waals surface area contributed by atoms with Crippen LogP contribution in [0.2, 0.25) is 0 Å². The number of nitrogens with zero attached hydrogens (tertiary/aromatic N) is 1. The Labute approximate surface area is 119 Å². The Morgan fingerprint density at radius 3 is 2.95 bits per heavy atom. The molecule has 1 fully saturated rings. The smallest absolute Gasteiger partial charge is 0.246 e. The van der Waals surface area contributed by atoms with Gasteiger partial charge in [0, 0.05) is 35.9 Å². The highest BCUT2D eigenvalue weighted by Gasteiger charge is 2.31. The van der Waals surface area contributed by atoms with Gasteiger partial charge in [-0.2, -0.15) is 0 Å². The first kappa shape index (κ1) is 13.4. The fourth-order valence-electron chi connectivity index (χ4n) is 3.15. The number of anilines is 2. The molecule has 1 aromatic rings. The third kappa shape index (κ3) is 2.17. The summed E-state index contributed by atoms with van der Waals surface area (Å²) in [7, 11) is 1.79. The van der Waals surface area contributed by atoms with Crippen LogP contribution in [-0.2, 0) is 4.79 Å². The third-order valence-electron chi connectivity index (χ3n) is 4.43. The molecule has 0 bridgehead atoms. The van der Waals surface area contributed by atoms with Crippen molar-refractivity contribution in [2.75, 3.05) is 30.4 Å². The van der Waals surface area contributed by atoms with Gasteiger partial charge >= 0.3 is 0 Å². The number of aliphatic hydroxyl groups excluding tert-OH is 1. The second kappa shape index (κ2) is 5.07. The second-order valence-electron chi connectivity index (χ2n) is 5.72. The van der Waals surface area contributed by atoms with Gasteiger partial charge in [-0.3, -0.25) is 4.79 Å². The van der Waals surface area contributed by atoms with Crippen molar-refractivity contribution < 1.29 is 9.90 Å². The van der Waals surface area contributed by atoms with E-state index < -0.39 is 0 Å². The molecule has 3 rings (SSSR count). The maximum atomic E-state index is 11.8. The SMILES string of the molecule is CNC1C(=O)Nc2cc(N3CCC(C(C)O)C3)ccc21. The molecule has 0 aliphatic carbocycles. The highest BCUT2D eigenvalue weighted by atomic mass is 16.3. The predicted molar refractivity (Wildman–Crippen MR) is 78.9 cm³/mol. The molecule has 3 N–H and O–H groups in total. The fraction of sp³-hybridized carbons (Fsp3) is 0.533. The number of hydrogen-bond donors (Lipinski definition) is 3. The quantitative estimate of drug-likeness (QED) is 0.773. The highest BCUT2D eigenvalue weighted by Crippen LogP contribution is 2.35. The molecule has 0 saturated carbocycles. The standard InChI is InChI=1S/C15H21N3O2/c1-9(19)10-5-6-18(8-10)11-3-4-12-13(7-11)17-15(20)14(12)16-2/h3-4,7,9-10,14,16,19H,5-6,8H2,1-2H3,(H,17,20). The summed E-state index contributed by atoms with van der Waals surface area (Å²) >= 11 is 0. The van der Waals surface area contributed by atoms with Crippen LogP contribution in [0.1, 0.15) is 24.9 Å². The summed E-state index contributed by atoms with van der Waals surface area (Å²) in [5.41, 5.74) is 3.02. The van der Waals surface area contributed by atoms with Crippen LogP contribution < -0.4 is 15.5 Å². The highest BCUT2D eigenvalue weighted by molar-refractivity contribution is 6.03. The first-order valence-electron chi connectivity index (χ1n) is 7.15. The molecule has 0 spiro atoms. The van der Waals surface area contributed by atoms with Crippen molar-refractivity contribution in [1.29, 1.82) is 0 Å². The summed E-state index contributed by atoms with van der Waals surface area (Å²) in [5, 5.41) is 15.6. The molecule has 5 heteroatoms. The summed E-state index contributed by atoms with van der Waals surface area (Å²) in [5.74, 6) is 0.339. The predicted octanol–water partition coefficient (Wildman–Crippen LogP) is 1.11. The first-order chi connectivity index (χ1) is 9.60. The third-order valence-corrected chi connectivity index (χ3v) is 4.43. The van der Waals surface area contributed by atoms with Gasteiger partial charge in [0.1, 0.15) is 6.04 Å². The topological polar surface area (TPSA) is 64.6 Å². The van der Waals surface area contributed by atoms with Crippen molar-refractivity contribution in [3.05, 3.63) is 23.8 Å². The maximum absolute atomic E-state index is 11.8. The summed E-state index contributed by atoms with van der Waals surface area (Å²) in [4.78, 5) is 14.1. The number of carbonyl (C=O) groups excluding carboxylic acids is 1. The molecule has 1 aromatic carbocycles. The van der Waals surface area contributed by atoms with Crippen LogP contribution in [0.3, 0.4) is 0 Å². The molecule has 2 aliphatic heterocycles. The van der Waals surface area contributed by atoms with E-state index in [2.05, 4.69) is 21.6 Å². The molecule has 3 unspecified atom stereocenters. The lowest BCUT2D eigenvalue weighted by molar-refractivity contribution is -0.117. The van der Waals surface area contributed by atoms with Crippen molar-refractivity contribution in [2.45, 2.75) is 25.5 Å². The summed E-state index contributed by atoms with van der Waals surface area (Å²) in [6.45, 7) is 3.69. The molecule has 1 saturated heterocycles. The molecule has 2 aliphatic rings. The van der Waals surface area contributed by atoms with Crippen LogP contribution in [-0.4, -0.2) is 37.3 Å². The van der Waals surface area contributed by atoms with Gasteiger partial charge < -0.3 is 20.6 Å². The molecule has 2 heterocycles. The Morgan fingerprint density at radius 1 is 1.50 bits per heavy atom. The molecule has 0 aromatic heterocycles. The van der Waals surface area contributed by atoms with E-state index in [1.807, 2.05) is 19.1 Å². The molecule has 20 heavy (non-hydrogen) atoms. The van der Waals surface area contributed by atoms with Crippen LogP contribution in [0, 0.1) is 5.92 Å². The van der Waals surface area contributed by atoms with Crippen molar-refractivity contribution >= 4 is 17.3 Å². The molecule has 108 valence electrons. The lowest BCUT2D eigenvalue weighted by Crippen LogP contribution is -2.24. The normalized spacial score (nSPS) is 26.6. The van der Waals surface area contributed by atoms with Crippen LogP contribution in [0.25, 0.3) is 0 Å². The average Bonchev–Trinajstić information content (AvgIpc) is 3.00. The van der Waals surface area contributed by atoms with Crippen molar-refractivity contribution in [2.24, 2.45) is 5.92 Å². The van der Waals surface area contributed by atoms with E-state index in [1.165, 1.54) is 0 Å². The van der Waals surface area contributed by atoms with E-state index in [-0.39, 0.29) is 18.1 Å².